The van der Waals surface area contributed by atoms with Crippen LogP contribution >= 0.6 is 0 Å². The number of methoxy groups -OCH3 is 1. The average Bonchev–Trinajstić information content (AvgIpc) is 2.47. The topological polar surface area (TPSA) is 53.1 Å². The molecule has 0 amide bonds. The first kappa shape index (κ1) is 9.22. The van der Waals surface area contributed by atoms with Crippen molar-refractivity contribution in [1.82, 2.24) is 9.78 Å². The Labute approximate surface area is 72.3 Å². The molecule has 68 valence electrons. The number of aromatic nitrogens is 2. The zero-order valence-electron chi connectivity index (χ0n) is 7.53. The van der Waals surface area contributed by atoms with Gasteiger partial charge in [0.1, 0.15) is 0 Å². The van der Waals surface area contributed by atoms with Crippen molar-refractivity contribution in [2.45, 2.75) is 13.0 Å². The van der Waals surface area contributed by atoms with Crippen LogP contribution in [0.2, 0.25) is 0 Å². The maximum Gasteiger partial charge on any atom is 0.0874 e. The van der Waals surface area contributed by atoms with Crippen LogP contribution in [0, 0.1) is 6.92 Å². The van der Waals surface area contributed by atoms with Crippen LogP contribution in [0.3, 0.4) is 0 Å². The highest BCUT2D eigenvalue weighted by Gasteiger charge is 2.08. The fraction of sp³-hybridized carbons (Fsp3) is 0.625. The van der Waals surface area contributed by atoms with Crippen LogP contribution in [-0.2, 0) is 4.74 Å². The quantitative estimate of drug-likeness (QED) is 0.707. The lowest BCUT2D eigenvalue weighted by atomic mass is 10.3. The van der Waals surface area contributed by atoms with E-state index in [1.54, 1.807) is 7.11 Å². The third-order valence-electron chi connectivity index (χ3n) is 1.74. The summed E-state index contributed by atoms with van der Waals surface area (Å²) in [6.07, 6.45) is 3.79. The van der Waals surface area contributed by atoms with Crippen LogP contribution in [0.15, 0.2) is 12.4 Å². The summed E-state index contributed by atoms with van der Waals surface area (Å²) in [5.41, 5.74) is 6.70. The molecular weight excluding hydrogens is 154 g/mol. The van der Waals surface area contributed by atoms with E-state index in [0.29, 0.717) is 13.2 Å². The van der Waals surface area contributed by atoms with E-state index in [2.05, 4.69) is 5.10 Å². The van der Waals surface area contributed by atoms with E-state index in [4.69, 9.17) is 10.5 Å². The summed E-state index contributed by atoms with van der Waals surface area (Å²) < 4.78 is 6.86. The molecule has 12 heavy (non-hydrogen) atoms. The molecule has 0 radical (unpaired) electrons. The van der Waals surface area contributed by atoms with E-state index in [9.17, 15) is 0 Å². The lowest BCUT2D eigenvalue weighted by Crippen LogP contribution is -2.23. The highest BCUT2D eigenvalue weighted by molar-refractivity contribution is 5.00. The van der Waals surface area contributed by atoms with Gasteiger partial charge in [-0.2, -0.15) is 5.10 Å². The van der Waals surface area contributed by atoms with Gasteiger partial charge in [0.25, 0.3) is 0 Å². The van der Waals surface area contributed by atoms with Crippen LogP contribution in [0.5, 0.6) is 0 Å². The predicted molar refractivity (Wildman–Crippen MR) is 46.9 cm³/mol. The fourth-order valence-electron chi connectivity index (χ4n) is 1.08. The van der Waals surface area contributed by atoms with Gasteiger partial charge in [0.15, 0.2) is 0 Å². The van der Waals surface area contributed by atoms with Crippen molar-refractivity contribution >= 4 is 0 Å². The molecule has 0 saturated heterocycles. The normalized spacial score (nSPS) is 13.2. The first-order valence-corrected chi connectivity index (χ1v) is 3.97. The molecule has 4 heteroatoms. The molecule has 1 unspecified atom stereocenters. The molecule has 0 aliphatic heterocycles. The number of aryl methyl sites for hydroxylation is 1. The van der Waals surface area contributed by atoms with Crippen LogP contribution in [-0.4, -0.2) is 30.0 Å². The number of nitrogens with two attached hydrogens (primary N) is 1. The van der Waals surface area contributed by atoms with Crippen molar-refractivity contribution in [1.29, 1.82) is 0 Å². The van der Waals surface area contributed by atoms with Crippen molar-refractivity contribution in [3.8, 4) is 0 Å². The van der Waals surface area contributed by atoms with Crippen LogP contribution in [0.25, 0.3) is 0 Å². The highest BCUT2D eigenvalue weighted by Crippen LogP contribution is 2.04. The summed E-state index contributed by atoms with van der Waals surface area (Å²) in [4.78, 5) is 0. The minimum Gasteiger partial charge on any atom is -0.382 e. The lowest BCUT2D eigenvalue weighted by Gasteiger charge is -2.13. The molecule has 1 atom stereocenters. The summed E-state index contributed by atoms with van der Waals surface area (Å²) in [7, 11) is 1.67. The van der Waals surface area contributed by atoms with E-state index >= 15 is 0 Å². The van der Waals surface area contributed by atoms with E-state index in [-0.39, 0.29) is 6.04 Å². The second-order valence-electron chi connectivity index (χ2n) is 2.84. The van der Waals surface area contributed by atoms with Gasteiger partial charge in [0.2, 0.25) is 0 Å². The molecule has 0 aromatic carbocycles. The third kappa shape index (κ3) is 2.06. The van der Waals surface area contributed by atoms with Crippen molar-refractivity contribution in [2.24, 2.45) is 5.73 Å². The molecule has 1 aromatic heterocycles. The number of rotatable bonds is 4. The van der Waals surface area contributed by atoms with E-state index < -0.39 is 0 Å². The molecule has 1 rings (SSSR count). The van der Waals surface area contributed by atoms with Gasteiger partial charge in [-0.05, 0) is 12.5 Å². The van der Waals surface area contributed by atoms with E-state index in [0.717, 1.165) is 5.56 Å². The maximum atomic E-state index is 5.56. The molecule has 4 nitrogen and oxygen atoms in total. The molecule has 0 aliphatic carbocycles. The zero-order valence-corrected chi connectivity index (χ0v) is 7.53. The minimum absolute atomic E-state index is 0.156. The molecule has 1 aromatic rings. The molecular formula is C8H15N3O. The Balaban J connectivity index is 2.66. The summed E-state index contributed by atoms with van der Waals surface area (Å²) in [5, 5.41) is 4.16. The monoisotopic (exact) mass is 169 g/mol. The number of hydrogen-bond acceptors (Lipinski definition) is 3. The molecule has 0 bridgehead atoms. The molecule has 0 aliphatic rings. The Kier molecular flexibility index (Phi) is 3.25. The summed E-state index contributed by atoms with van der Waals surface area (Å²) in [6.45, 7) is 3.16. The van der Waals surface area contributed by atoms with Crippen LogP contribution < -0.4 is 5.73 Å². The summed E-state index contributed by atoms with van der Waals surface area (Å²) in [6, 6.07) is 0.156. The molecule has 2 N–H and O–H groups in total. The number of nitrogens with zero attached hydrogens (tertiary/aromatic N) is 2. The Morgan fingerprint density at radius 2 is 2.50 bits per heavy atom. The molecule has 1 heterocycles. The van der Waals surface area contributed by atoms with Crippen molar-refractivity contribution in [2.75, 3.05) is 20.3 Å². The first-order chi connectivity index (χ1) is 5.77. The minimum atomic E-state index is 0.156. The van der Waals surface area contributed by atoms with E-state index in [1.165, 1.54) is 0 Å². The van der Waals surface area contributed by atoms with Crippen LogP contribution in [0.1, 0.15) is 11.6 Å². The van der Waals surface area contributed by atoms with Crippen molar-refractivity contribution in [3.63, 3.8) is 0 Å². The van der Waals surface area contributed by atoms with Gasteiger partial charge in [-0.1, -0.05) is 0 Å². The highest BCUT2D eigenvalue weighted by atomic mass is 16.5. The number of ether oxygens (including phenoxy) is 1. The van der Waals surface area contributed by atoms with Crippen LogP contribution in [0.4, 0.5) is 0 Å². The van der Waals surface area contributed by atoms with Gasteiger partial charge in [-0.25, -0.2) is 0 Å². The smallest absolute Gasteiger partial charge is 0.0874 e. The van der Waals surface area contributed by atoms with Crippen molar-refractivity contribution < 1.29 is 4.74 Å². The molecule has 0 spiro atoms. The third-order valence-corrected chi connectivity index (χ3v) is 1.74. The zero-order chi connectivity index (χ0) is 8.97. The molecule has 0 saturated carbocycles. The molecule has 0 fully saturated rings. The van der Waals surface area contributed by atoms with Gasteiger partial charge in [-0.3, -0.25) is 4.68 Å². The lowest BCUT2D eigenvalue weighted by molar-refractivity contribution is 0.152. The Morgan fingerprint density at radius 3 is 2.92 bits per heavy atom. The van der Waals surface area contributed by atoms with Gasteiger partial charge >= 0.3 is 0 Å². The summed E-state index contributed by atoms with van der Waals surface area (Å²) >= 11 is 0. The summed E-state index contributed by atoms with van der Waals surface area (Å²) in [5.74, 6) is 0. The van der Waals surface area contributed by atoms with Gasteiger partial charge < -0.3 is 10.5 Å². The Morgan fingerprint density at radius 1 is 1.75 bits per heavy atom. The largest absolute Gasteiger partial charge is 0.382 e. The second kappa shape index (κ2) is 4.23. The van der Waals surface area contributed by atoms with E-state index in [1.807, 2.05) is 24.0 Å². The Bertz CT molecular complexity index is 234. The fourth-order valence-corrected chi connectivity index (χ4v) is 1.08. The Hall–Kier alpha value is -0.870. The van der Waals surface area contributed by atoms with Crippen molar-refractivity contribution in [3.05, 3.63) is 18.0 Å². The first-order valence-electron chi connectivity index (χ1n) is 3.97. The number of hydrogen-bond donors (Lipinski definition) is 1. The van der Waals surface area contributed by atoms with Gasteiger partial charge in [-0.15, -0.1) is 0 Å². The average molecular weight is 169 g/mol. The standard InChI is InChI=1S/C8H15N3O/c1-7-4-10-11(5-7)8(3-9)6-12-2/h4-5,8H,3,6,9H2,1-2H3. The van der Waals surface area contributed by atoms with Gasteiger partial charge in [0, 0.05) is 19.9 Å². The second-order valence-corrected chi connectivity index (χ2v) is 2.84. The maximum absolute atomic E-state index is 5.56. The van der Waals surface area contributed by atoms with Gasteiger partial charge in [0.05, 0.1) is 18.8 Å². The predicted octanol–water partition coefficient (Wildman–Crippen LogP) is 0.338. The SMILES string of the molecule is COCC(CN)n1cc(C)cn1.